The molecule has 7 heteroatoms. The Morgan fingerprint density at radius 2 is 2.07 bits per heavy atom. The van der Waals surface area contributed by atoms with E-state index in [1.54, 1.807) is 6.92 Å². The number of aryl methyl sites for hydroxylation is 1. The molecule has 1 N–H and O–H groups in total. The number of carbonyl (C=O) groups excluding carboxylic acids is 2. The fourth-order valence-electron chi connectivity index (χ4n) is 3.36. The molecule has 3 aromatic rings. The summed E-state index contributed by atoms with van der Waals surface area (Å²) in [5.41, 5.74) is 3.03. The normalized spacial score (nSPS) is 16.7. The molecule has 2 heterocycles. The zero-order valence-electron chi connectivity index (χ0n) is 16.3. The fraction of sp³-hybridized carbons (Fsp3) is 0.318. The van der Waals surface area contributed by atoms with Gasteiger partial charge in [0.25, 0.3) is 5.91 Å². The SMILES string of the molecule is C[C@H]1CCc2sc(C(=O)O[C@H](C)C(=O)Nc3nc(-c4ccccc4)cs3)cc2C1. The molecule has 0 saturated heterocycles. The van der Waals surface area contributed by atoms with Gasteiger partial charge in [-0.25, -0.2) is 9.78 Å². The summed E-state index contributed by atoms with van der Waals surface area (Å²) in [6.45, 7) is 3.81. The third-order valence-corrected chi connectivity index (χ3v) is 6.96. The van der Waals surface area contributed by atoms with E-state index in [0.717, 1.165) is 30.5 Å². The Bertz CT molecular complexity index is 1030. The van der Waals surface area contributed by atoms with Crippen LogP contribution >= 0.6 is 22.7 Å². The number of thiophene rings is 1. The Morgan fingerprint density at radius 3 is 2.86 bits per heavy atom. The van der Waals surface area contributed by atoms with Crippen molar-refractivity contribution in [2.75, 3.05) is 5.32 Å². The maximum absolute atomic E-state index is 12.5. The minimum absolute atomic E-state index is 0.387. The van der Waals surface area contributed by atoms with Crippen LogP contribution in [0.5, 0.6) is 0 Å². The molecule has 0 aliphatic heterocycles. The van der Waals surface area contributed by atoms with Crippen LogP contribution in [0, 0.1) is 5.92 Å². The number of benzene rings is 1. The second kappa shape index (κ2) is 8.47. The van der Waals surface area contributed by atoms with Crippen molar-refractivity contribution in [3.63, 3.8) is 0 Å². The third kappa shape index (κ3) is 4.57. The molecule has 2 atom stereocenters. The van der Waals surface area contributed by atoms with Crippen molar-refractivity contribution in [2.45, 2.75) is 39.2 Å². The Morgan fingerprint density at radius 1 is 1.28 bits per heavy atom. The summed E-state index contributed by atoms with van der Waals surface area (Å²) >= 11 is 2.83. The second-order valence-corrected chi connectivity index (χ2v) is 9.34. The highest BCUT2D eigenvalue weighted by atomic mass is 32.1. The van der Waals surface area contributed by atoms with Crippen molar-refractivity contribution < 1.29 is 14.3 Å². The molecule has 1 aliphatic carbocycles. The van der Waals surface area contributed by atoms with Crippen LogP contribution in [-0.4, -0.2) is 23.0 Å². The van der Waals surface area contributed by atoms with E-state index in [-0.39, 0.29) is 5.91 Å². The van der Waals surface area contributed by atoms with Gasteiger partial charge < -0.3 is 4.74 Å². The van der Waals surface area contributed by atoms with Crippen molar-refractivity contribution in [3.05, 3.63) is 57.1 Å². The number of rotatable bonds is 5. The van der Waals surface area contributed by atoms with Crippen molar-refractivity contribution in [1.29, 1.82) is 0 Å². The van der Waals surface area contributed by atoms with Crippen LogP contribution in [0.3, 0.4) is 0 Å². The minimum Gasteiger partial charge on any atom is -0.448 e. The molecule has 0 saturated carbocycles. The van der Waals surface area contributed by atoms with Crippen LogP contribution in [0.15, 0.2) is 41.8 Å². The van der Waals surface area contributed by atoms with Crippen molar-refractivity contribution in [1.82, 2.24) is 4.98 Å². The average molecular weight is 427 g/mol. The van der Waals surface area contributed by atoms with Crippen molar-refractivity contribution >= 4 is 39.7 Å². The van der Waals surface area contributed by atoms with E-state index in [4.69, 9.17) is 4.74 Å². The van der Waals surface area contributed by atoms with Crippen LogP contribution < -0.4 is 5.32 Å². The van der Waals surface area contributed by atoms with Gasteiger partial charge in [0.1, 0.15) is 4.88 Å². The number of hydrogen-bond donors (Lipinski definition) is 1. The fourth-order valence-corrected chi connectivity index (χ4v) is 5.17. The van der Waals surface area contributed by atoms with E-state index in [9.17, 15) is 9.59 Å². The van der Waals surface area contributed by atoms with Crippen molar-refractivity contribution in [3.8, 4) is 11.3 Å². The molecule has 0 bridgehead atoms. The maximum Gasteiger partial charge on any atom is 0.349 e. The van der Waals surface area contributed by atoms with Gasteiger partial charge in [-0.15, -0.1) is 22.7 Å². The number of esters is 1. The van der Waals surface area contributed by atoms with Gasteiger partial charge in [-0.05, 0) is 43.7 Å². The molecule has 1 aliphatic rings. The average Bonchev–Trinajstić information content (AvgIpc) is 3.35. The van der Waals surface area contributed by atoms with Gasteiger partial charge in [0.05, 0.1) is 5.69 Å². The first kappa shape index (κ1) is 19.8. The predicted molar refractivity (Wildman–Crippen MR) is 117 cm³/mol. The smallest absolute Gasteiger partial charge is 0.349 e. The van der Waals surface area contributed by atoms with Gasteiger partial charge >= 0.3 is 5.97 Å². The number of amides is 1. The molecule has 29 heavy (non-hydrogen) atoms. The number of nitrogens with one attached hydrogen (secondary N) is 1. The number of carbonyl (C=O) groups is 2. The largest absolute Gasteiger partial charge is 0.448 e. The van der Waals surface area contributed by atoms with E-state index in [1.807, 2.05) is 41.8 Å². The predicted octanol–water partition coefficient (Wildman–Crippen LogP) is 5.18. The first-order valence-corrected chi connectivity index (χ1v) is 11.3. The van der Waals surface area contributed by atoms with Crippen molar-refractivity contribution in [2.24, 2.45) is 5.92 Å². The highest BCUT2D eigenvalue weighted by Gasteiger charge is 2.24. The lowest BCUT2D eigenvalue weighted by Gasteiger charge is -2.16. The molecular formula is C22H22N2O3S2. The lowest BCUT2D eigenvalue weighted by atomic mass is 9.90. The standard InChI is InChI=1S/C22H22N2O3S2/c1-13-8-9-18-16(10-13)11-19(29-18)21(26)27-14(2)20(25)24-22-23-17(12-28-22)15-6-4-3-5-7-15/h3-7,11-14H,8-10H2,1-2H3,(H,23,24,25)/t13-,14+/m0/s1. The zero-order valence-corrected chi connectivity index (χ0v) is 17.9. The van der Waals surface area contributed by atoms with Crippen LogP contribution in [0.1, 0.15) is 40.4 Å². The number of anilines is 1. The van der Waals surface area contributed by atoms with E-state index in [2.05, 4.69) is 17.2 Å². The molecule has 4 rings (SSSR count). The van der Waals surface area contributed by atoms with Crippen LogP contribution in [0.2, 0.25) is 0 Å². The Labute approximate surface area is 177 Å². The molecule has 2 aromatic heterocycles. The molecule has 0 unspecified atom stereocenters. The highest BCUT2D eigenvalue weighted by Crippen LogP contribution is 2.32. The summed E-state index contributed by atoms with van der Waals surface area (Å²) < 4.78 is 5.40. The van der Waals surface area contributed by atoms with Gasteiger partial charge in [-0.1, -0.05) is 37.3 Å². The Hall–Kier alpha value is -2.51. The van der Waals surface area contributed by atoms with E-state index >= 15 is 0 Å². The van der Waals surface area contributed by atoms with Crippen LogP contribution in [0.4, 0.5) is 5.13 Å². The summed E-state index contributed by atoms with van der Waals surface area (Å²) in [5, 5.41) is 5.11. The van der Waals surface area contributed by atoms with Gasteiger partial charge in [0, 0.05) is 15.8 Å². The summed E-state index contributed by atoms with van der Waals surface area (Å²) in [4.78, 5) is 31.2. The number of nitrogens with zero attached hydrogens (tertiary/aromatic N) is 1. The van der Waals surface area contributed by atoms with Gasteiger partial charge in [0.15, 0.2) is 11.2 Å². The number of aromatic nitrogens is 1. The van der Waals surface area contributed by atoms with E-state index in [0.29, 0.717) is 15.9 Å². The van der Waals surface area contributed by atoms with E-state index in [1.165, 1.54) is 33.1 Å². The highest BCUT2D eigenvalue weighted by molar-refractivity contribution is 7.14. The molecule has 0 radical (unpaired) electrons. The first-order valence-electron chi connectivity index (χ1n) is 9.64. The summed E-state index contributed by atoms with van der Waals surface area (Å²) in [5.74, 6) is -0.184. The van der Waals surface area contributed by atoms with Crippen LogP contribution in [0.25, 0.3) is 11.3 Å². The molecule has 1 aromatic carbocycles. The monoisotopic (exact) mass is 426 g/mol. The Balaban J connectivity index is 1.36. The summed E-state index contributed by atoms with van der Waals surface area (Å²) in [6.07, 6.45) is 2.27. The quantitative estimate of drug-likeness (QED) is 0.571. The third-order valence-electron chi connectivity index (χ3n) is 4.99. The lowest BCUT2D eigenvalue weighted by molar-refractivity contribution is -0.123. The van der Waals surface area contributed by atoms with Crippen LogP contribution in [-0.2, 0) is 22.4 Å². The molecule has 150 valence electrons. The van der Waals surface area contributed by atoms with Gasteiger partial charge in [-0.2, -0.15) is 0 Å². The van der Waals surface area contributed by atoms with E-state index < -0.39 is 12.1 Å². The molecular weight excluding hydrogens is 404 g/mol. The summed E-state index contributed by atoms with van der Waals surface area (Å²) in [6, 6.07) is 11.7. The van der Waals surface area contributed by atoms with Gasteiger partial charge in [-0.3, -0.25) is 10.1 Å². The number of hydrogen-bond acceptors (Lipinski definition) is 6. The number of ether oxygens (including phenoxy) is 1. The lowest BCUT2D eigenvalue weighted by Crippen LogP contribution is -2.29. The maximum atomic E-state index is 12.5. The Kier molecular flexibility index (Phi) is 5.78. The second-order valence-electron chi connectivity index (χ2n) is 7.35. The summed E-state index contributed by atoms with van der Waals surface area (Å²) in [7, 11) is 0. The molecule has 0 spiro atoms. The molecule has 0 fully saturated rings. The number of thiazole rings is 1. The van der Waals surface area contributed by atoms with Gasteiger partial charge in [0.2, 0.25) is 0 Å². The zero-order chi connectivity index (χ0) is 20.4. The minimum atomic E-state index is -0.898. The topological polar surface area (TPSA) is 68.3 Å². The molecule has 5 nitrogen and oxygen atoms in total. The number of fused-ring (bicyclic) bond motifs is 1. The molecule has 1 amide bonds. The first-order chi connectivity index (χ1) is 14.0.